The Labute approximate surface area is 203 Å². The Hall–Kier alpha value is -3.89. The number of carbonyl (C=O) groups excluding carboxylic acids is 1. The molecule has 0 fully saturated rings. The van der Waals surface area contributed by atoms with Gasteiger partial charge in [-0.1, -0.05) is 53.7 Å². The van der Waals surface area contributed by atoms with E-state index in [-0.39, 0.29) is 28.1 Å². The molecule has 172 valence electrons. The van der Waals surface area contributed by atoms with Crippen molar-refractivity contribution in [2.24, 2.45) is 0 Å². The molecule has 0 unspecified atom stereocenters. The van der Waals surface area contributed by atoms with E-state index in [2.05, 4.69) is 15.5 Å². The molecule has 0 saturated carbocycles. The first kappa shape index (κ1) is 23.3. The lowest BCUT2D eigenvalue weighted by Gasteiger charge is -2.12. The smallest absolute Gasteiger partial charge is 0.289 e. The average molecular weight is 496 g/mol. The van der Waals surface area contributed by atoms with Gasteiger partial charge in [-0.3, -0.25) is 19.5 Å². The Morgan fingerprint density at radius 1 is 1.12 bits per heavy atom. The van der Waals surface area contributed by atoms with Crippen molar-refractivity contribution < 1.29 is 14.5 Å². The number of nitrogens with one attached hydrogen (secondary N) is 1. The number of aromatic nitrogens is 3. The molecule has 0 radical (unpaired) electrons. The number of anilines is 1. The van der Waals surface area contributed by atoms with Gasteiger partial charge in [0.2, 0.25) is 5.91 Å². The summed E-state index contributed by atoms with van der Waals surface area (Å²) >= 11 is 7.02. The second-order valence-electron chi connectivity index (χ2n) is 6.94. The van der Waals surface area contributed by atoms with Crippen molar-refractivity contribution in [3.05, 3.63) is 87.9 Å². The maximum absolute atomic E-state index is 12.6. The van der Waals surface area contributed by atoms with Crippen LogP contribution in [0.5, 0.6) is 5.75 Å². The van der Waals surface area contributed by atoms with E-state index in [4.69, 9.17) is 16.3 Å². The predicted octanol–water partition coefficient (Wildman–Crippen LogP) is 5.24. The van der Waals surface area contributed by atoms with Crippen molar-refractivity contribution in [1.82, 2.24) is 14.8 Å². The van der Waals surface area contributed by atoms with Crippen LogP contribution in [0.3, 0.4) is 0 Å². The quantitative estimate of drug-likeness (QED) is 0.202. The number of nitro benzene ring substituents is 1. The molecule has 4 rings (SSSR count). The van der Waals surface area contributed by atoms with Gasteiger partial charge >= 0.3 is 0 Å². The number of para-hydroxylation sites is 2. The summed E-state index contributed by atoms with van der Waals surface area (Å²) in [6.07, 6.45) is 0. The summed E-state index contributed by atoms with van der Waals surface area (Å²) in [5, 5.41) is 22.9. The molecule has 1 N–H and O–H groups in total. The zero-order valence-corrected chi connectivity index (χ0v) is 19.4. The van der Waals surface area contributed by atoms with E-state index in [0.29, 0.717) is 16.7 Å². The lowest BCUT2D eigenvalue weighted by molar-refractivity contribution is -0.384. The summed E-state index contributed by atoms with van der Waals surface area (Å²) in [6.45, 7) is 0. The van der Waals surface area contributed by atoms with Gasteiger partial charge in [0.15, 0.2) is 11.0 Å². The number of carbonyl (C=O) groups is 1. The Morgan fingerprint density at radius 2 is 1.85 bits per heavy atom. The van der Waals surface area contributed by atoms with Crippen molar-refractivity contribution in [3.8, 4) is 22.8 Å². The van der Waals surface area contributed by atoms with Crippen LogP contribution >= 0.6 is 23.4 Å². The summed E-state index contributed by atoms with van der Waals surface area (Å²) in [4.78, 5) is 23.0. The molecule has 34 heavy (non-hydrogen) atoms. The van der Waals surface area contributed by atoms with Crippen LogP contribution in [-0.4, -0.2) is 38.5 Å². The maximum atomic E-state index is 12.6. The van der Waals surface area contributed by atoms with E-state index >= 15 is 0 Å². The normalized spacial score (nSPS) is 10.6. The van der Waals surface area contributed by atoms with Gasteiger partial charge in [0.25, 0.3) is 5.69 Å². The lowest BCUT2D eigenvalue weighted by atomic mass is 10.2. The molecule has 0 aliphatic heterocycles. The lowest BCUT2D eigenvalue weighted by Crippen LogP contribution is -2.14. The molecule has 0 bridgehead atoms. The SMILES string of the molecule is COc1ccccc1-c1nnc(SCC(=O)Nc2ccc(Cl)c([N+](=O)[O-])c2)n1-c1ccccc1. The van der Waals surface area contributed by atoms with Crippen LogP contribution in [0.4, 0.5) is 11.4 Å². The second kappa shape index (κ2) is 10.4. The zero-order valence-electron chi connectivity index (χ0n) is 17.8. The minimum atomic E-state index is -0.603. The maximum Gasteiger partial charge on any atom is 0.289 e. The van der Waals surface area contributed by atoms with E-state index in [1.54, 1.807) is 7.11 Å². The highest BCUT2D eigenvalue weighted by Gasteiger charge is 2.20. The van der Waals surface area contributed by atoms with Crippen molar-refractivity contribution in [2.75, 3.05) is 18.2 Å². The summed E-state index contributed by atoms with van der Waals surface area (Å²) in [6, 6.07) is 21.1. The largest absolute Gasteiger partial charge is 0.496 e. The number of ether oxygens (including phenoxy) is 1. The van der Waals surface area contributed by atoms with E-state index < -0.39 is 4.92 Å². The van der Waals surface area contributed by atoms with Crippen LogP contribution in [0, 0.1) is 10.1 Å². The molecular formula is C23H18ClN5O4S. The molecule has 9 nitrogen and oxygen atoms in total. The molecule has 3 aromatic carbocycles. The molecule has 0 aliphatic carbocycles. The molecule has 1 amide bonds. The number of hydrogen-bond acceptors (Lipinski definition) is 7. The molecule has 0 aliphatic rings. The van der Waals surface area contributed by atoms with Gasteiger partial charge in [-0.15, -0.1) is 10.2 Å². The first-order valence-corrected chi connectivity index (χ1v) is 11.3. The van der Waals surface area contributed by atoms with Crippen LogP contribution in [-0.2, 0) is 4.79 Å². The van der Waals surface area contributed by atoms with E-state index in [0.717, 1.165) is 11.3 Å². The van der Waals surface area contributed by atoms with Gasteiger partial charge in [0.05, 0.1) is 23.3 Å². The third-order valence-corrected chi connectivity index (χ3v) is 6.00. The van der Waals surface area contributed by atoms with Crippen molar-refractivity contribution in [2.45, 2.75) is 5.16 Å². The van der Waals surface area contributed by atoms with Gasteiger partial charge in [-0.05, 0) is 36.4 Å². The van der Waals surface area contributed by atoms with Crippen LogP contribution in [0.25, 0.3) is 17.1 Å². The molecular weight excluding hydrogens is 478 g/mol. The number of methoxy groups -OCH3 is 1. The Balaban J connectivity index is 1.59. The Morgan fingerprint density at radius 3 is 2.59 bits per heavy atom. The first-order chi connectivity index (χ1) is 16.5. The van der Waals surface area contributed by atoms with Crippen LogP contribution in [0.2, 0.25) is 5.02 Å². The van der Waals surface area contributed by atoms with E-state index in [9.17, 15) is 14.9 Å². The molecule has 1 aromatic heterocycles. The summed E-state index contributed by atoms with van der Waals surface area (Å²) in [5.74, 6) is 0.863. The number of thioether (sulfide) groups is 1. The summed E-state index contributed by atoms with van der Waals surface area (Å²) in [7, 11) is 1.59. The van der Waals surface area contributed by atoms with Crippen LogP contribution in [0.15, 0.2) is 78.0 Å². The average Bonchev–Trinajstić information content (AvgIpc) is 3.28. The molecule has 0 spiro atoms. The third kappa shape index (κ3) is 5.03. The second-order valence-corrected chi connectivity index (χ2v) is 8.29. The van der Waals surface area contributed by atoms with E-state index in [1.807, 2.05) is 59.2 Å². The fourth-order valence-electron chi connectivity index (χ4n) is 3.23. The molecule has 4 aromatic rings. The molecule has 0 saturated heterocycles. The van der Waals surface area contributed by atoms with Gasteiger partial charge in [-0.2, -0.15) is 0 Å². The van der Waals surface area contributed by atoms with Gasteiger partial charge in [0.1, 0.15) is 10.8 Å². The number of nitro groups is 1. The molecule has 1 heterocycles. The Kier molecular flexibility index (Phi) is 7.09. The monoisotopic (exact) mass is 495 g/mol. The van der Waals surface area contributed by atoms with Gasteiger partial charge < -0.3 is 10.1 Å². The highest BCUT2D eigenvalue weighted by molar-refractivity contribution is 7.99. The fourth-order valence-corrected chi connectivity index (χ4v) is 4.17. The minimum Gasteiger partial charge on any atom is -0.496 e. The number of halogens is 1. The number of nitrogens with zero attached hydrogens (tertiary/aromatic N) is 4. The highest BCUT2D eigenvalue weighted by atomic mass is 35.5. The minimum absolute atomic E-state index is 0.00259. The zero-order chi connectivity index (χ0) is 24.1. The highest BCUT2D eigenvalue weighted by Crippen LogP contribution is 2.33. The topological polar surface area (TPSA) is 112 Å². The van der Waals surface area contributed by atoms with Gasteiger partial charge in [-0.25, -0.2) is 0 Å². The van der Waals surface area contributed by atoms with Crippen LogP contribution < -0.4 is 10.1 Å². The number of benzene rings is 3. The van der Waals surface area contributed by atoms with Crippen molar-refractivity contribution in [3.63, 3.8) is 0 Å². The van der Waals surface area contributed by atoms with Gasteiger partial charge in [0, 0.05) is 17.4 Å². The van der Waals surface area contributed by atoms with E-state index in [1.165, 1.54) is 30.0 Å². The van der Waals surface area contributed by atoms with Crippen LogP contribution in [0.1, 0.15) is 0 Å². The summed E-state index contributed by atoms with van der Waals surface area (Å²) in [5.41, 5.74) is 1.58. The Bertz CT molecular complexity index is 1350. The standard InChI is InChI=1S/C23H18ClN5O4S/c1-33-20-10-6-5-9-17(20)22-26-27-23(28(22)16-7-3-2-4-8-16)34-14-21(30)25-15-11-12-18(24)19(13-15)29(31)32/h2-13H,14H2,1H3,(H,25,30). The number of amides is 1. The predicted molar refractivity (Wildman–Crippen MR) is 131 cm³/mol. The van der Waals surface area contributed by atoms with Crippen molar-refractivity contribution >= 4 is 40.6 Å². The molecule has 11 heteroatoms. The summed E-state index contributed by atoms with van der Waals surface area (Å²) < 4.78 is 7.34. The number of hydrogen-bond donors (Lipinski definition) is 1. The third-order valence-electron chi connectivity index (χ3n) is 4.75. The number of rotatable bonds is 8. The first-order valence-electron chi connectivity index (χ1n) is 9.98. The molecule has 0 atom stereocenters. The fraction of sp³-hybridized carbons (Fsp3) is 0.0870. The van der Waals surface area contributed by atoms with Crippen molar-refractivity contribution in [1.29, 1.82) is 0 Å².